The normalized spacial score (nSPS) is 15.7. The first-order valence-electron chi connectivity index (χ1n) is 11.4. The van der Waals surface area contributed by atoms with Gasteiger partial charge in [0.2, 0.25) is 0 Å². The van der Waals surface area contributed by atoms with E-state index in [9.17, 15) is 4.79 Å². The number of hydrogen-bond acceptors (Lipinski definition) is 4. The zero-order valence-corrected chi connectivity index (χ0v) is 19.4. The predicted molar refractivity (Wildman–Crippen MR) is 129 cm³/mol. The second-order valence-corrected chi connectivity index (χ2v) is 8.87. The minimum Gasteiger partial charge on any atom is -0.491 e. The van der Waals surface area contributed by atoms with Crippen LogP contribution in [0.25, 0.3) is 22.2 Å². The lowest BCUT2D eigenvalue weighted by Crippen LogP contribution is -2.38. The molecule has 1 aliphatic rings. The number of benzene rings is 2. The van der Waals surface area contributed by atoms with E-state index in [2.05, 4.69) is 24.0 Å². The highest BCUT2D eigenvalue weighted by Gasteiger charge is 2.33. The van der Waals surface area contributed by atoms with E-state index in [1.165, 1.54) is 5.56 Å². The Kier molecular flexibility index (Phi) is 5.36. The highest BCUT2D eigenvalue weighted by atomic mass is 16.5. The SMILES string of the molecule is CC(C)Oc1cccc(-c2c3c(nn2C)[C@H](C)N(C(=O)c2ccc4ncccc4c2)CC3)c1. The van der Waals surface area contributed by atoms with Crippen LogP contribution in [-0.4, -0.2) is 38.2 Å². The molecule has 0 N–H and O–H groups in total. The Labute approximate surface area is 193 Å². The lowest BCUT2D eigenvalue weighted by Gasteiger charge is -2.33. The van der Waals surface area contributed by atoms with Gasteiger partial charge in [-0.1, -0.05) is 18.2 Å². The minimum absolute atomic E-state index is 0.0263. The Bertz CT molecular complexity index is 1340. The second-order valence-electron chi connectivity index (χ2n) is 8.87. The number of nitrogens with zero attached hydrogens (tertiary/aromatic N) is 4. The Morgan fingerprint density at radius 3 is 2.79 bits per heavy atom. The number of rotatable bonds is 4. The van der Waals surface area contributed by atoms with E-state index in [0.717, 1.165) is 40.0 Å². The van der Waals surface area contributed by atoms with Gasteiger partial charge >= 0.3 is 0 Å². The Hall–Kier alpha value is -3.67. The molecule has 4 aromatic rings. The van der Waals surface area contributed by atoms with Crippen molar-refractivity contribution in [2.45, 2.75) is 39.3 Å². The minimum atomic E-state index is -0.110. The van der Waals surface area contributed by atoms with Gasteiger partial charge in [0.05, 0.1) is 29.1 Å². The zero-order valence-electron chi connectivity index (χ0n) is 19.4. The molecule has 33 heavy (non-hydrogen) atoms. The molecule has 1 amide bonds. The summed E-state index contributed by atoms with van der Waals surface area (Å²) in [5.41, 5.74) is 5.91. The van der Waals surface area contributed by atoms with Crippen molar-refractivity contribution in [3.8, 4) is 17.0 Å². The fraction of sp³-hybridized carbons (Fsp3) is 0.296. The maximum Gasteiger partial charge on any atom is 0.254 e. The predicted octanol–water partition coefficient (Wildman–Crippen LogP) is 5.18. The van der Waals surface area contributed by atoms with Crippen LogP contribution in [-0.2, 0) is 13.5 Å². The Balaban J connectivity index is 1.46. The van der Waals surface area contributed by atoms with Gasteiger partial charge < -0.3 is 9.64 Å². The molecule has 6 heteroatoms. The summed E-state index contributed by atoms with van der Waals surface area (Å²) in [6.45, 7) is 6.77. The van der Waals surface area contributed by atoms with Crippen molar-refractivity contribution in [3.63, 3.8) is 0 Å². The second kappa shape index (κ2) is 8.35. The lowest BCUT2D eigenvalue weighted by molar-refractivity contribution is 0.0674. The van der Waals surface area contributed by atoms with E-state index in [1.807, 2.05) is 72.9 Å². The molecular weight excluding hydrogens is 412 g/mol. The van der Waals surface area contributed by atoms with Crippen LogP contribution in [0.2, 0.25) is 0 Å². The third kappa shape index (κ3) is 3.86. The van der Waals surface area contributed by atoms with E-state index in [0.29, 0.717) is 12.1 Å². The van der Waals surface area contributed by atoms with E-state index >= 15 is 0 Å². The molecule has 1 atom stereocenters. The summed E-state index contributed by atoms with van der Waals surface area (Å²) in [5.74, 6) is 0.877. The standard InChI is InChI=1S/C27H28N4O2/c1-17(2)33-22-9-5-7-20(16-22)26-23-12-14-31(18(3)25(23)29-30(26)4)27(32)21-10-11-24-19(15-21)8-6-13-28-24/h5-11,13,15-18H,12,14H2,1-4H3/t18-/m0/s1. The summed E-state index contributed by atoms with van der Waals surface area (Å²) in [5, 5.41) is 5.82. The summed E-state index contributed by atoms with van der Waals surface area (Å²) in [4.78, 5) is 19.7. The molecule has 2 aromatic heterocycles. The molecule has 1 aliphatic heterocycles. The van der Waals surface area contributed by atoms with Crippen LogP contribution < -0.4 is 4.74 Å². The van der Waals surface area contributed by atoms with Gasteiger partial charge in [-0.15, -0.1) is 0 Å². The molecule has 6 nitrogen and oxygen atoms in total. The summed E-state index contributed by atoms with van der Waals surface area (Å²) >= 11 is 0. The smallest absolute Gasteiger partial charge is 0.254 e. The molecule has 0 saturated carbocycles. The summed E-state index contributed by atoms with van der Waals surface area (Å²) in [7, 11) is 1.97. The Morgan fingerprint density at radius 1 is 1.12 bits per heavy atom. The van der Waals surface area contributed by atoms with Gasteiger partial charge in [0.15, 0.2) is 0 Å². The van der Waals surface area contributed by atoms with Crippen LogP contribution in [0, 0.1) is 0 Å². The monoisotopic (exact) mass is 440 g/mol. The van der Waals surface area contributed by atoms with Crippen molar-refractivity contribution >= 4 is 16.8 Å². The van der Waals surface area contributed by atoms with Crippen molar-refractivity contribution in [2.75, 3.05) is 6.54 Å². The number of aryl methyl sites for hydroxylation is 1. The van der Waals surface area contributed by atoms with Crippen molar-refractivity contribution in [3.05, 3.63) is 77.6 Å². The van der Waals surface area contributed by atoms with Gasteiger partial charge in [-0.3, -0.25) is 14.5 Å². The van der Waals surface area contributed by atoms with Crippen molar-refractivity contribution in [1.82, 2.24) is 19.7 Å². The molecule has 0 fully saturated rings. The van der Waals surface area contributed by atoms with E-state index in [-0.39, 0.29) is 18.1 Å². The maximum atomic E-state index is 13.4. The van der Waals surface area contributed by atoms with E-state index < -0.39 is 0 Å². The first-order chi connectivity index (χ1) is 15.9. The average molecular weight is 441 g/mol. The number of carbonyl (C=O) groups is 1. The number of fused-ring (bicyclic) bond motifs is 2. The first kappa shape index (κ1) is 21.2. The fourth-order valence-electron chi connectivity index (χ4n) is 4.75. The van der Waals surface area contributed by atoms with Crippen molar-refractivity contribution in [1.29, 1.82) is 0 Å². The van der Waals surface area contributed by atoms with Crippen LogP contribution in [0.15, 0.2) is 60.8 Å². The van der Waals surface area contributed by atoms with E-state index in [1.54, 1.807) is 6.20 Å². The largest absolute Gasteiger partial charge is 0.491 e. The molecule has 2 aromatic carbocycles. The third-order valence-electron chi connectivity index (χ3n) is 6.23. The van der Waals surface area contributed by atoms with Crippen LogP contribution in [0.3, 0.4) is 0 Å². The van der Waals surface area contributed by atoms with Gasteiger partial charge in [0.25, 0.3) is 5.91 Å². The Morgan fingerprint density at radius 2 is 1.97 bits per heavy atom. The summed E-state index contributed by atoms with van der Waals surface area (Å²) in [6, 6.07) is 17.6. The van der Waals surface area contributed by atoms with Crippen LogP contribution in [0.1, 0.15) is 48.4 Å². The van der Waals surface area contributed by atoms with Gasteiger partial charge in [0.1, 0.15) is 5.75 Å². The third-order valence-corrected chi connectivity index (χ3v) is 6.23. The summed E-state index contributed by atoms with van der Waals surface area (Å²) < 4.78 is 7.83. The molecule has 168 valence electrons. The quantitative estimate of drug-likeness (QED) is 0.439. The number of carbonyl (C=O) groups excluding carboxylic acids is 1. The molecule has 0 spiro atoms. The molecule has 0 radical (unpaired) electrons. The number of pyridine rings is 1. The maximum absolute atomic E-state index is 13.4. The van der Waals surface area contributed by atoms with Crippen LogP contribution >= 0.6 is 0 Å². The molecule has 0 unspecified atom stereocenters. The number of ether oxygens (including phenoxy) is 1. The molecule has 0 saturated heterocycles. The van der Waals surface area contributed by atoms with E-state index in [4.69, 9.17) is 9.84 Å². The molecule has 0 aliphatic carbocycles. The molecule has 3 heterocycles. The van der Waals surface area contributed by atoms with Gasteiger partial charge in [0, 0.05) is 41.9 Å². The topological polar surface area (TPSA) is 60.2 Å². The van der Waals surface area contributed by atoms with Crippen LogP contribution in [0.5, 0.6) is 5.75 Å². The number of hydrogen-bond donors (Lipinski definition) is 0. The summed E-state index contributed by atoms with van der Waals surface area (Å²) in [6.07, 6.45) is 2.64. The average Bonchev–Trinajstić information content (AvgIpc) is 3.15. The molecule has 5 rings (SSSR count). The van der Waals surface area contributed by atoms with Crippen molar-refractivity contribution < 1.29 is 9.53 Å². The van der Waals surface area contributed by atoms with Crippen molar-refractivity contribution in [2.24, 2.45) is 7.05 Å². The fourth-order valence-corrected chi connectivity index (χ4v) is 4.75. The zero-order chi connectivity index (χ0) is 23.1. The highest BCUT2D eigenvalue weighted by molar-refractivity contribution is 5.98. The first-order valence-corrected chi connectivity index (χ1v) is 11.4. The molecule has 0 bridgehead atoms. The van der Waals surface area contributed by atoms with Gasteiger partial charge in [-0.05, 0) is 63.6 Å². The molecular formula is C27H28N4O2. The van der Waals surface area contributed by atoms with Gasteiger partial charge in [-0.25, -0.2) is 0 Å². The van der Waals surface area contributed by atoms with Crippen LogP contribution in [0.4, 0.5) is 0 Å². The number of aromatic nitrogens is 3. The lowest BCUT2D eigenvalue weighted by atomic mass is 9.95. The van der Waals surface area contributed by atoms with Gasteiger partial charge in [-0.2, -0.15) is 5.10 Å². The number of amides is 1. The highest BCUT2D eigenvalue weighted by Crippen LogP contribution is 2.37.